The molecule has 6 nitrogen and oxygen atoms in total. The molecule has 9 heteroatoms. The van der Waals surface area contributed by atoms with Gasteiger partial charge in [-0.3, -0.25) is 14.2 Å². The van der Waals surface area contributed by atoms with Crippen molar-refractivity contribution in [3.8, 4) is 11.4 Å². The van der Waals surface area contributed by atoms with Crippen molar-refractivity contribution in [2.45, 2.75) is 30.8 Å². The van der Waals surface area contributed by atoms with Gasteiger partial charge in [-0.05, 0) is 61.9 Å². The van der Waals surface area contributed by atoms with E-state index in [0.29, 0.717) is 49.4 Å². The molecule has 0 radical (unpaired) electrons. The summed E-state index contributed by atoms with van der Waals surface area (Å²) in [5, 5.41) is 3.91. The number of benzene rings is 3. The highest BCUT2D eigenvalue weighted by molar-refractivity contribution is 7.98. The summed E-state index contributed by atoms with van der Waals surface area (Å²) in [7, 11) is 1.55. The third-order valence-electron chi connectivity index (χ3n) is 5.20. The average molecular weight is 512 g/mol. The quantitative estimate of drug-likeness (QED) is 0.257. The number of nitrogens with zero attached hydrogens (tertiary/aromatic N) is 2. The molecular weight excluding hydrogens is 489 g/mol. The van der Waals surface area contributed by atoms with Gasteiger partial charge in [-0.15, -0.1) is 0 Å². The standard InChI is InChI=1S/C26H23ClFN3O3S/c1-15(2)29-24(32)16-8-10-21-23(11-16)30-26(35-14-17-7-9-18(28)12-22(17)27)31(25(21)33)19-5-4-6-20(13-19)34-3/h4-13,15H,14H2,1-3H3,(H,29,32). The molecule has 1 aromatic heterocycles. The van der Waals surface area contributed by atoms with Gasteiger partial charge in [0.2, 0.25) is 0 Å². The number of amides is 1. The minimum Gasteiger partial charge on any atom is -0.497 e. The molecule has 0 saturated carbocycles. The Kier molecular flexibility index (Phi) is 7.42. The predicted molar refractivity (Wildman–Crippen MR) is 137 cm³/mol. The van der Waals surface area contributed by atoms with Crippen LogP contribution in [0.3, 0.4) is 0 Å². The highest BCUT2D eigenvalue weighted by atomic mass is 35.5. The Balaban J connectivity index is 1.85. The molecule has 0 aliphatic rings. The summed E-state index contributed by atoms with van der Waals surface area (Å²) in [5.74, 6) is 0.281. The Morgan fingerprint density at radius 3 is 2.69 bits per heavy atom. The van der Waals surface area contributed by atoms with Crippen LogP contribution in [0.15, 0.2) is 70.6 Å². The van der Waals surface area contributed by atoms with Crippen LogP contribution < -0.4 is 15.6 Å². The zero-order chi connectivity index (χ0) is 25.1. The zero-order valence-electron chi connectivity index (χ0n) is 19.3. The molecule has 1 heterocycles. The largest absolute Gasteiger partial charge is 0.497 e. The number of hydrogen-bond acceptors (Lipinski definition) is 5. The van der Waals surface area contributed by atoms with Crippen molar-refractivity contribution in [2.75, 3.05) is 7.11 Å². The van der Waals surface area contributed by atoms with Crippen LogP contribution in [0.25, 0.3) is 16.6 Å². The van der Waals surface area contributed by atoms with Crippen molar-refractivity contribution in [1.82, 2.24) is 14.9 Å². The molecular formula is C26H23ClFN3O3S. The molecule has 0 bridgehead atoms. The third-order valence-corrected chi connectivity index (χ3v) is 6.54. The van der Waals surface area contributed by atoms with Crippen molar-refractivity contribution in [1.29, 1.82) is 0 Å². The second-order valence-corrected chi connectivity index (χ2v) is 9.47. The van der Waals surface area contributed by atoms with E-state index in [-0.39, 0.29) is 17.5 Å². The van der Waals surface area contributed by atoms with E-state index in [0.717, 1.165) is 0 Å². The lowest BCUT2D eigenvalue weighted by atomic mass is 10.1. The number of aromatic nitrogens is 2. The number of carbonyl (C=O) groups excluding carboxylic acids is 1. The zero-order valence-corrected chi connectivity index (χ0v) is 20.9. The van der Waals surface area contributed by atoms with Gasteiger partial charge in [-0.2, -0.15) is 0 Å². The second kappa shape index (κ2) is 10.5. The number of fused-ring (bicyclic) bond motifs is 1. The van der Waals surface area contributed by atoms with Crippen molar-refractivity contribution in [3.05, 3.63) is 93.0 Å². The van der Waals surface area contributed by atoms with E-state index >= 15 is 0 Å². The molecule has 1 amide bonds. The van der Waals surface area contributed by atoms with Crippen LogP contribution >= 0.6 is 23.4 Å². The lowest BCUT2D eigenvalue weighted by molar-refractivity contribution is 0.0943. The minimum atomic E-state index is -0.423. The Bertz CT molecular complexity index is 1470. The number of ether oxygens (including phenoxy) is 1. The highest BCUT2D eigenvalue weighted by Gasteiger charge is 2.17. The third kappa shape index (κ3) is 5.49. The van der Waals surface area contributed by atoms with Gasteiger partial charge < -0.3 is 10.1 Å². The Labute approximate surface area is 211 Å². The fourth-order valence-corrected chi connectivity index (χ4v) is 4.84. The van der Waals surface area contributed by atoms with Crippen LogP contribution in [0.2, 0.25) is 5.02 Å². The van der Waals surface area contributed by atoms with Gasteiger partial charge >= 0.3 is 0 Å². The second-order valence-electron chi connectivity index (χ2n) is 8.12. The van der Waals surface area contributed by atoms with E-state index in [4.69, 9.17) is 21.3 Å². The van der Waals surface area contributed by atoms with Gasteiger partial charge in [0.1, 0.15) is 11.6 Å². The first kappa shape index (κ1) is 24.8. The lowest BCUT2D eigenvalue weighted by Crippen LogP contribution is -2.30. The van der Waals surface area contributed by atoms with E-state index in [1.54, 1.807) is 55.6 Å². The first-order valence-corrected chi connectivity index (χ1v) is 12.2. The van der Waals surface area contributed by atoms with Crippen LogP contribution in [0.1, 0.15) is 29.8 Å². The molecule has 3 aromatic carbocycles. The molecule has 0 atom stereocenters. The Morgan fingerprint density at radius 1 is 1.17 bits per heavy atom. The smallest absolute Gasteiger partial charge is 0.266 e. The van der Waals surface area contributed by atoms with Crippen LogP contribution in [0, 0.1) is 5.82 Å². The summed E-state index contributed by atoms with van der Waals surface area (Å²) in [6.45, 7) is 3.75. The van der Waals surface area contributed by atoms with Crippen molar-refractivity contribution < 1.29 is 13.9 Å². The summed E-state index contributed by atoms with van der Waals surface area (Å²) in [4.78, 5) is 30.9. The monoisotopic (exact) mass is 511 g/mol. The van der Waals surface area contributed by atoms with E-state index < -0.39 is 5.82 Å². The van der Waals surface area contributed by atoms with Gasteiger partial charge in [-0.25, -0.2) is 9.37 Å². The number of carbonyl (C=O) groups is 1. The normalized spacial score (nSPS) is 11.1. The molecule has 0 saturated heterocycles. The number of halogens is 2. The number of nitrogens with one attached hydrogen (secondary N) is 1. The molecule has 0 unspecified atom stereocenters. The Hall–Kier alpha value is -3.36. The van der Waals surface area contributed by atoms with Gasteiger partial charge in [0.25, 0.3) is 11.5 Å². The predicted octanol–water partition coefficient (Wildman–Crippen LogP) is 5.62. The number of methoxy groups -OCH3 is 1. The van der Waals surface area contributed by atoms with Gasteiger partial charge in [0.15, 0.2) is 5.16 Å². The van der Waals surface area contributed by atoms with Gasteiger partial charge in [0.05, 0.1) is 23.7 Å². The SMILES string of the molecule is COc1cccc(-n2c(SCc3ccc(F)cc3Cl)nc3cc(C(=O)NC(C)C)ccc3c2=O)c1. The molecule has 4 aromatic rings. The summed E-state index contributed by atoms with van der Waals surface area (Å²) < 4.78 is 20.3. The average Bonchev–Trinajstić information content (AvgIpc) is 2.83. The number of thioether (sulfide) groups is 1. The van der Waals surface area contributed by atoms with Crippen molar-refractivity contribution >= 4 is 40.2 Å². The van der Waals surface area contributed by atoms with E-state index in [9.17, 15) is 14.0 Å². The number of hydrogen-bond donors (Lipinski definition) is 1. The van der Waals surface area contributed by atoms with E-state index in [1.165, 1.54) is 28.5 Å². The number of rotatable bonds is 7. The summed E-state index contributed by atoms with van der Waals surface area (Å²) in [6, 6.07) is 16.1. The maximum atomic E-state index is 13.6. The maximum Gasteiger partial charge on any atom is 0.266 e. The Morgan fingerprint density at radius 2 is 1.97 bits per heavy atom. The molecule has 1 N–H and O–H groups in total. The van der Waals surface area contributed by atoms with E-state index in [1.807, 2.05) is 13.8 Å². The molecule has 35 heavy (non-hydrogen) atoms. The molecule has 4 rings (SSSR count). The minimum absolute atomic E-state index is 0.0289. The first-order chi connectivity index (χ1) is 16.8. The molecule has 0 spiro atoms. The first-order valence-electron chi connectivity index (χ1n) is 10.9. The fourth-order valence-electron chi connectivity index (χ4n) is 3.51. The van der Waals surface area contributed by atoms with E-state index in [2.05, 4.69) is 5.32 Å². The van der Waals surface area contributed by atoms with Crippen LogP contribution in [-0.4, -0.2) is 28.6 Å². The molecule has 180 valence electrons. The van der Waals surface area contributed by atoms with Crippen LogP contribution in [-0.2, 0) is 5.75 Å². The molecule has 0 aliphatic carbocycles. The summed E-state index contributed by atoms with van der Waals surface area (Å²) in [5.41, 5.74) is 1.81. The van der Waals surface area contributed by atoms with Gasteiger partial charge in [0, 0.05) is 28.4 Å². The lowest BCUT2D eigenvalue weighted by Gasteiger charge is -2.15. The van der Waals surface area contributed by atoms with Crippen LogP contribution in [0.4, 0.5) is 4.39 Å². The fraction of sp³-hybridized carbons (Fsp3) is 0.192. The maximum absolute atomic E-state index is 13.6. The van der Waals surface area contributed by atoms with Crippen LogP contribution in [0.5, 0.6) is 5.75 Å². The van der Waals surface area contributed by atoms with Crippen molar-refractivity contribution in [3.63, 3.8) is 0 Å². The topological polar surface area (TPSA) is 73.2 Å². The van der Waals surface area contributed by atoms with Crippen molar-refractivity contribution in [2.24, 2.45) is 0 Å². The highest BCUT2D eigenvalue weighted by Crippen LogP contribution is 2.29. The molecule has 0 fully saturated rings. The van der Waals surface area contributed by atoms with Gasteiger partial charge in [-0.1, -0.05) is 35.5 Å². The molecule has 0 aliphatic heterocycles. The summed E-state index contributed by atoms with van der Waals surface area (Å²) in [6.07, 6.45) is 0. The summed E-state index contributed by atoms with van der Waals surface area (Å²) >= 11 is 7.50.